The molecule has 0 radical (unpaired) electrons. The third-order valence-electron chi connectivity index (χ3n) is 6.92. The number of hydrogen-bond acceptors (Lipinski definition) is 3. The first-order valence-corrected chi connectivity index (χ1v) is 11.8. The summed E-state index contributed by atoms with van der Waals surface area (Å²) in [6.45, 7) is 4.91. The topological polar surface area (TPSA) is 63.6 Å². The maximum atomic E-state index is 13.9. The predicted molar refractivity (Wildman–Crippen MR) is 136 cm³/mol. The average molecular weight is 468 g/mol. The Morgan fingerprint density at radius 2 is 1.74 bits per heavy atom. The number of para-hydroxylation sites is 2. The summed E-state index contributed by atoms with van der Waals surface area (Å²) in [5.74, 6) is 0.364. The molecule has 0 aliphatic carbocycles. The summed E-state index contributed by atoms with van der Waals surface area (Å²) in [6, 6.07) is 25.5. The number of amides is 2. The molecule has 35 heavy (non-hydrogen) atoms. The minimum Gasteiger partial charge on any atom is -0.496 e. The standard InChI is InChI=1S/C29H29N3O3/c1-20-12-14-21(15-13-20)18-32-27(33)25-16-22-8-4-6-10-24(22)31(25)19-29(32,2)28(34)30-17-23-9-5-7-11-26(23)35-3/h4-16H,17-19H2,1-3H3,(H,30,34). The molecular weight excluding hydrogens is 438 g/mol. The fourth-order valence-corrected chi connectivity index (χ4v) is 4.85. The number of methoxy groups -OCH3 is 1. The van der Waals surface area contributed by atoms with Gasteiger partial charge in [0.15, 0.2) is 0 Å². The van der Waals surface area contributed by atoms with Crippen molar-refractivity contribution >= 4 is 22.7 Å². The Labute approximate surface area is 205 Å². The van der Waals surface area contributed by atoms with Gasteiger partial charge in [-0.05, 0) is 37.6 Å². The lowest BCUT2D eigenvalue weighted by Crippen LogP contribution is -2.63. The lowest BCUT2D eigenvalue weighted by molar-refractivity contribution is -0.133. The second-order valence-corrected chi connectivity index (χ2v) is 9.32. The predicted octanol–water partition coefficient (Wildman–Crippen LogP) is 4.69. The highest BCUT2D eigenvalue weighted by Gasteiger charge is 2.47. The summed E-state index contributed by atoms with van der Waals surface area (Å²) in [6.07, 6.45) is 0. The van der Waals surface area contributed by atoms with Crippen molar-refractivity contribution in [2.24, 2.45) is 0 Å². The molecule has 0 fully saturated rings. The third-order valence-corrected chi connectivity index (χ3v) is 6.92. The van der Waals surface area contributed by atoms with Crippen LogP contribution in [0.2, 0.25) is 0 Å². The van der Waals surface area contributed by atoms with Crippen molar-refractivity contribution in [3.05, 3.63) is 101 Å². The summed E-state index contributed by atoms with van der Waals surface area (Å²) in [4.78, 5) is 29.4. The Morgan fingerprint density at radius 1 is 1.03 bits per heavy atom. The summed E-state index contributed by atoms with van der Waals surface area (Å²) < 4.78 is 7.42. The van der Waals surface area contributed by atoms with Crippen molar-refractivity contribution in [3.63, 3.8) is 0 Å². The van der Waals surface area contributed by atoms with Crippen LogP contribution >= 0.6 is 0 Å². The van der Waals surface area contributed by atoms with Gasteiger partial charge in [-0.3, -0.25) is 9.59 Å². The second kappa shape index (κ2) is 8.95. The number of rotatable bonds is 6. The lowest BCUT2D eigenvalue weighted by Gasteiger charge is -2.44. The molecule has 1 aromatic heterocycles. The quantitative estimate of drug-likeness (QED) is 0.448. The van der Waals surface area contributed by atoms with Gasteiger partial charge in [0.25, 0.3) is 5.91 Å². The van der Waals surface area contributed by atoms with E-state index in [1.54, 1.807) is 12.0 Å². The van der Waals surface area contributed by atoms with Gasteiger partial charge < -0.3 is 19.5 Å². The number of benzene rings is 3. The van der Waals surface area contributed by atoms with Gasteiger partial charge in [-0.25, -0.2) is 0 Å². The van der Waals surface area contributed by atoms with Crippen molar-refractivity contribution < 1.29 is 14.3 Å². The fourth-order valence-electron chi connectivity index (χ4n) is 4.85. The molecule has 2 heterocycles. The van der Waals surface area contributed by atoms with Gasteiger partial charge >= 0.3 is 0 Å². The van der Waals surface area contributed by atoms with E-state index in [4.69, 9.17) is 4.74 Å². The van der Waals surface area contributed by atoms with Crippen molar-refractivity contribution in [2.45, 2.75) is 39.0 Å². The molecular formula is C29H29N3O3. The van der Waals surface area contributed by atoms with Crippen LogP contribution < -0.4 is 10.1 Å². The molecule has 1 unspecified atom stereocenters. The molecule has 5 rings (SSSR count). The molecule has 0 spiro atoms. The molecule has 6 heteroatoms. The highest BCUT2D eigenvalue weighted by molar-refractivity contribution is 6.03. The second-order valence-electron chi connectivity index (χ2n) is 9.32. The molecule has 1 aliphatic rings. The van der Waals surface area contributed by atoms with E-state index < -0.39 is 5.54 Å². The number of nitrogens with one attached hydrogen (secondary N) is 1. The van der Waals surface area contributed by atoms with Crippen LogP contribution in [-0.4, -0.2) is 33.9 Å². The van der Waals surface area contributed by atoms with Crippen LogP contribution in [0.15, 0.2) is 78.9 Å². The van der Waals surface area contributed by atoms with Crippen LogP contribution in [0.4, 0.5) is 0 Å². The number of hydrogen-bond donors (Lipinski definition) is 1. The number of ether oxygens (including phenoxy) is 1. The normalized spacial score (nSPS) is 17.3. The number of carbonyl (C=O) groups is 2. The van der Waals surface area contributed by atoms with Crippen molar-refractivity contribution in [3.8, 4) is 5.75 Å². The number of aryl methyl sites for hydroxylation is 1. The van der Waals surface area contributed by atoms with E-state index in [-0.39, 0.29) is 11.8 Å². The number of fused-ring (bicyclic) bond motifs is 3. The number of nitrogens with zero attached hydrogens (tertiary/aromatic N) is 2. The van der Waals surface area contributed by atoms with Crippen LogP contribution in [-0.2, 0) is 24.4 Å². The van der Waals surface area contributed by atoms with Gasteiger partial charge in [-0.1, -0.05) is 66.2 Å². The number of carbonyl (C=O) groups excluding carboxylic acids is 2. The molecule has 2 amide bonds. The van der Waals surface area contributed by atoms with E-state index >= 15 is 0 Å². The SMILES string of the molecule is COc1ccccc1CNC(=O)C1(C)Cn2c(cc3ccccc32)C(=O)N1Cc1ccc(C)cc1. The Kier molecular flexibility index (Phi) is 5.81. The van der Waals surface area contributed by atoms with Gasteiger partial charge in [0.1, 0.15) is 17.0 Å². The van der Waals surface area contributed by atoms with E-state index in [1.165, 1.54) is 0 Å². The zero-order valence-electron chi connectivity index (χ0n) is 20.2. The van der Waals surface area contributed by atoms with Gasteiger partial charge in [0.2, 0.25) is 5.91 Å². The van der Waals surface area contributed by atoms with Crippen molar-refractivity contribution in [1.29, 1.82) is 0 Å². The summed E-state index contributed by atoms with van der Waals surface area (Å²) >= 11 is 0. The van der Waals surface area contributed by atoms with E-state index in [9.17, 15) is 9.59 Å². The zero-order valence-corrected chi connectivity index (χ0v) is 20.2. The maximum Gasteiger partial charge on any atom is 0.271 e. The average Bonchev–Trinajstić information content (AvgIpc) is 3.24. The summed E-state index contributed by atoms with van der Waals surface area (Å²) in [7, 11) is 1.61. The summed E-state index contributed by atoms with van der Waals surface area (Å²) in [5, 5.41) is 4.06. The Morgan fingerprint density at radius 3 is 2.51 bits per heavy atom. The first kappa shape index (κ1) is 22.7. The molecule has 1 atom stereocenters. The monoisotopic (exact) mass is 467 g/mol. The van der Waals surface area contributed by atoms with Crippen LogP contribution in [0.1, 0.15) is 34.1 Å². The smallest absolute Gasteiger partial charge is 0.271 e. The highest BCUT2D eigenvalue weighted by atomic mass is 16.5. The first-order valence-electron chi connectivity index (χ1n) is 11.8. The van der Waals surface area contributed by atoms with Crippen LogP contribution in [0.25, 0.3) is 10.9 Å². The first-order chi connectivity index (χ1) is 16.9. The molecule has 178 valence electrons. The molecule has 1 aliphatic heterocycles. The Hall–Kier alpha value is -4.06. The molecule has 0 saturated heterocycles. The van der Waals surface area contributed by atoms with Crippen molar-refractivity contribution in [1.82, 2.24) is 14.8 Å². The van der Waals surface area contributed by atoms with E-state index in [0.29, 0.717) is 31.1 Å². The number of aromatic nitrogens is 1. The molecule has 3 aromatic carbocycles. The van der Waals surface area contributed by atoms with Crippen LogP contribution in [0.5, 0.6) is 5.75 Å². The summed E-state index contributed by atoms with van der Waals surface area (Å²) in [5.41, 5.74) is 3.49. The van der Waals surface area contributed by atoms with Gasteiger partial charge in [0.05, 0.1) is 13.7 Å². The van der Waals surface area contributed by atoms with Crippen molar-refractivity contribution in [2.75, 3.05) is 7.11 Å². The lowest BCUT2D eigenvalue weighted by atomic mass is 9.93. The van der Waals surface area contributed by atoms with Gasteiger partial charge in [0, 0.05) is 29.6 Å². The van der Waals surface area contributed by atoms with Crippen LogP contribution in [0.3, 0.4) is 0 Å². The Bertz CT molecular complexity index is 1410. The highest BCUT2D eigenvalue weighted by Crippen LogP contribution is 2.33. The van der Waals surface area contributed by atoms with E-state index in [0.717, 1.165) is 27.6 Å². The van der Waals surface area contributed by atoms with Crippen LogP contribution in [0, 0.1) is 6.92 Å². The fraction of sp³-hybridized carbons (Fsp3) is 0.241. The molecule has 0 bridgehead atoms. The minimum absolute atomic E-state index is 0.150. The Balaban J connectivity index is 1.52. The molecule has 1 N–H and O–H groups in total. The van der Waals surface area contributed by atoms with E-state index in [1.807, 2.05) is 97.3 Å². The molecule has 0 saturated carbocycles. The minimum atomic E-state index is -1.08. The largest absolute Gasteiger partial charge is 0.496 e. The molecule has 4 aromatic rings. The maximum absolute atomic E-state index is 13.9. The van der Waals surface area contributed by atoms with Gasteiger partial charge in [-0.2, -0.15) is 0 Å². The molecule has 6 nitrogen and oxygen atoms in total. The van der Waals surface area contributed by atoms with E-state index in [2.05, 4.69) is 5.32 Å². The third kappa shape index (κ3) is 4.05. The zero-order chi connectivity index (χ0) is 24.6. The van der Waals surface area contributed by atoms with Gasteiger partial charge in [-0.15, -0.1) is 0 Å².